The molecule has 1 aromatic carbocycles. The summed E-state index contributed by atoms with van der Waals surface area (Å²) in [4.78, 5) is 5.08. The Labute approximate surface area is 133 Å². The van der Waals surface area contributed by atoms with Crippen LogP contribution in [-0.2, 0) is 0 Å². The number of fused-ring (bicyclic) bond motifs is 1. The number of piperazine rings is 1. The van der Waals surface area contributed by atoms with E-state index in [9.17, 15) is 0 Å². The summed E-state index contributed by atoms with van der Waals surface area (Å²) in [6, 6.07) is 8.14. The van der Waals surface area contributed by atoms with Gasteiger partial charge >= 0.3 is 0 Å². The van der Waals surface area contributed by atoms with E-state index in [0.29, 0.717) is 18.1 Å². The maximum atomic E-state index is 9.17. The predicted molar refractivity (Wildman–Crippen MR) is 87.2 cm³/mol. The number of nitriles is 1. The fourth-order valence-electron chi connectivity index (χ4n) is 3.46. The molecule has 3 rings (SSSR count). The van der Waals surface area contributed by atoms with Crippen LogP contribution in [0.25, 0.3) is 0 Å². The van der Waals surface area contributed by atoms with Gasteiger partial charge in [-0.3, -0.25) is 4.90 Å². The maximum absolute atomic E-state index is 9.17. The molecule has 2 aliphatic heterocycles. The highest BCUT2D eigenvalue weighted by atomic mass is 16.5. The molecule has 0 spiro atoms. The van der Waals surface area contributed by atoms with Crippen LogP contribution in [0.1, 0.15) is 37.8 Å². The van der Waals surface area contributed by atoms with Crippen molar-refractivity contribution < 1.29 is 4.74 Å². The van der Waals surface area contributed by atoms with E-state index in [2.05, 4.69) is 42.7 Å². The third-order valence-corrected chi connectivity index (χ3v) is 4.83. The fraction of sp³-hybridized carbons (Fsp3) is 0.611. The van der Waals surface area contributed by atoms with Crippen LogP contribution in [0.5, 0.6) is 5.75 Å². The normalized spacial score (nSPS) is 22.9. The lowest BCUT2D eigenvalue weighted by molar-refractivity contribution is 0.0585. The van der Waals surface area contributed by atoms with E-state index in [1.165, 1.54) is 5.56 Å². The second kappa shape index (κ2) is 5.91. The Morgan fingerprint density at radius 1 is 1.23 bits per heavy atom. The van der Waals surface area contributed by atoms with E-state index in [0.717, 1.165) is 38.5 Å². The highest BCUT2D eigenvalue weighted by Gasteiger charge is 2.31. The quantitative estimate of drug-likeness (QED) is 0.841. The van der Waals surface area contributed by atoms with E-state index in [-0.39, 0.29) is 5.54 Å². The van der Waals surface area contributed by atoms with Crippen molar-refractivity contribution in [2.45, 2.75) is 32.2 Å². The molecule has 0 aliphatic carbocycles. The van der Waals surface area contributed by atoms with Crippen LogP contribution < -0.4 is 4.74 Å². The zero-order valence-corrected chi connectivity index (χ0v) is 13.8. The van der Waals surface area contributed by atoms with Gasteiger partial charge in [-0.2, -0.15) is 5.26 Å². The first kappa shape index (κ1) is 15.3. The van der Waals surface area contributed by atoms with E-state index in [4.69, 9.17) is 10.00 Å². The molecule has 1 atom stereocenters. The van der Waals surface area contributed by atoms with Gasteiger partial charge < -0.3 is 9.64 Å². The lowest BCUT2D eigenvalue weighted by Crippen LogP contribution is -2.53. The van der Waals surface area contributed by atoms with Crippen molar-refractivity contribution in [2.24, 2.45) is 0 Å². The first-order valence-electron chi connectivity index (χ1n) is 8.12. The molecule has 2 heterocycles. The van der Waals surface area contributed by atoms with E-state index in [1.807, 2.05) is 12.1 Å². The molecular weight excluding hydrogens is 274 g/mol. The van der Waals surface area contributed by atoms with Crippen molar-refractivity contribution in [3.8, 4) is 11.8 Å². The van der Waals surface area contributed by atoms with Crippen LogP contribution in [0.2, 0.25) is 0 Å². The third-order valence-electron chi connectivity index (χ3n) is 4.83. The molecule has 1 unspecified atom stereocenters. The van der Waals surface area contributed by atoms with Crippen LogP contribution in [0.4, 0.5) is 0 Å². The number of nitrogens with zero attached hydrogens (tertiary/aromatic N) is 3. The monoisotopic (exact) mass is 299 g/mol. The summed E-state index contributed by atoms with van der Waals surface area (Å²) < 4.78 is 5.79. The number of para-hydroxylation sites is 1. The Balaban J connectivity index is 1.62. The summed E-state index contributed by atoms with van der Waals surface area (Å²) >= 11 is 0. The maximum Gasteiger partial charge on any atom is 0.140 e. The summed E-state index contributed by atoms with van der Waals surface area (Å²) in [5.74, 6) is 1.20. The van der Waals surface area contributed by atoms with E-state index < -0.39 is 0 Å². The molecule has 0 saturated carbocycles. The molecule has 22 heavy (non-hydrogen) atoms. The molecule has 0 aromatic heterocycles. The first-order chi connectivity index (χ1) is 10.5. The lowest BCUT2D eigenvalue weighted by atomic mass is 9.98. The molecule has 0 N–H and O–H groups in total. The Morgan fingerprint density at radius 3 is 2.59 bits per heavy atom. The summed E-state index contributed by atoms with van der Waals surface area (Å²) in [5, 5.41) is 9.17. The van der Waals surface area contributed by atoms with Crippen LogP contribution >= 0.6 is 0 Å². The van der Waals surface area contributed by atoms with E-state index >= 15 is 0 Å². The zero-order chi connectivity index (χ0) is 15.7. The van der Waals surface area contributed by atoms with Crippen molar-refractivity contribution >= 4 is 0 Å². The van der Waals surface area contributed by atoms with Gasteiger partial charge in [-0.1, -0.05) is 12.1 Å². The standard InChI is InChI=1S/C18H25N3O/c1-18(2,3)21-9-7-20(8-10-21)12-15-13-22-17-14(11-19)5-4-6-16(15)17/h4-6,15H,7-10,12-13H2,1-3H3. The van der Waals surface area contributed by atoms with Gasteiger partial charge in [-0.05, 0) is 26.8 Å². The van der Waals surface area contributed by atoms with Crippen molar-refractivity contribution in [2.75, 3.05) is 39.3 Å². The smallest absolute Gasteiger partial charge is 0.140 e. The topological polar surface area (TPSA) is 39.5 Å². The number of hydrogen-bond donors (Lipinski definition) is 0. The average Bonchev–Trinajstić information content (AvgIpc) is 2.90. The van der Waals surface area contributed by atoms with Crippen LogP contribution in [-0.4, -0.2) is 54.7 Å². The van der Waals surface area contributed by atoms with E-state index in [1.54, 1.807) is 0 Å². The molecule has 4 heteroatoms. The minimum absolute atomic E-state index is 0.261. The Bertz CT molecular complexity index is 577. The minimum atomic E-state index is 0.261. The lowest BCUT2D eigenvalue weighted by Gasteiger charge is -2.42. The average molecular weight is 299 g/mol. The minimum Gasteiger partial charge on any atom is -0.491 e. The number of rotatable bonds is 2. The number of benzene rings is 1. The van der Waals surface area contributed by atoms with Crippen LogP contribution in [0.3, 0.4) is 0 Å². The predicted octanol–water partition coefficient (Wildman–Crippen LogP) is 2.45. The molecule has 4 nitrogen and oxygen atoms in total. The largest absolute Gasteiger partial charge is 0.491 e. The Hall–Kier alpha value is -1.57. The molecule has 1 fully saturated rings. The SMILES string of the molecule is CC(C)(C)N1CCN(CC2COc3c(C#N)cccc32)CC1. The molecule has 0 amide bonds. The molecule has 2 aliphatic rings. The summed E-state index contributed by atoms with van der Waals surface area (Å²) in [5.41, 5.74) is 2.13. The number of hydrogen-bond acceptors (Lipinski definition) is 4. The van der Waals surface area contributed by atoms with Gasteiger partial charge in [0, 0.05) is 49.7 Å². The van der Waals surface area contributed by atoms with Gasteiger partial charge in [0.2, 0.25) is 0 Å². The number of ether oxygens (including phenoxy) is 1. The first-order valence-corrected chi connectivity index (χ1v) is 8.12. The summed E-state index contributed by atoms with van der Waals surface area (Å²) in [6.07, 6.45) is 0. The summed E-state index contributed by atoms with van der Waals surface area (Å²) in [7, 11) is 0. The summed E-state index contributed by atoms with van der Waals surface area (Å²) in [6.45, 7) is 13.1. The molecule has 1 saturated heterocycles. The van der Waals surface area contributed by atoms with Crippen molar-refractivity contribution in [3.63, 3.8) is 0 Å². The Kier molecular flexibility index (Phi) is 4.12. The van der Waals surface area contributed by atoms with Crippen molar-refractivity contribution in [1.82, 2.24) is 9.80 Å². The van der Waals surface area contributed by atoms with Gasteiger partial charge in [0.05, 0.1) is 12.2 Å². The second-order valence-corrected chi connectivity index (χ2v) is 7.30. The zero-order valence-electron chi connectivity index (χ0n) is 13.8. The van der Waals surface area contributed by atoms with Gasteiger partial charge in [-0.15, -0.1) is 0 Å². The molecule has 0 radical (unpaired) electrons. The van der Waals surface area contributed by atoms with Crippen molar-refractivity contribution in [3.05, 3.63) is 29.3 Å². The molecular formula is C18H25N3O. The fourth-order valence-corrected chi connectivity index (χ4v) is 3.46. The van der Waals surface area contributed by atoms with Crippen LogP contribution in [0, 0.1) is 11.3 Å². The Morgan fingerprint density at radius 2 is 1.95 bits per heavy atom. The van der Waals surface area contributed by atoms with Crippen LogP contribution in [0.15, 0.2) is 18.2 Å². The second-order valence-electron chi connectivity index (χ2n) is 7.30. The van der Waals surface area contributed by atoms with Gasteiger partial charge in [-0.25, -0.2) is 0 Å². The molecule has 1 aromatic rings. The highest BCUT2D eigenvalue weighted by molar-refractivity contribution is 5.52. The van der Waals surface area contributed by atoms with Gasteiger partial charge in [0.25, 0.3) is 0 Å². The highest BCUT2D eigenvalue weighted by Crippen LogP contribution is 2.37. The van der Waals surface area contributed by atoms with Gasteiger partial charge in [0.15, 0.2) is 0 Å². The van der Waals surface area contributed by atoms with Gasteiger partial charge in [0.1, 0.15) is 11.8 Å². The molecule has 0 bridgehead atoms. The third kappa shape index (κ3) is 2.97. The van der Waals surface area contributed by atoms with Crippen molar-refractivity contribution in [1.29, 1.82) is 5.26 Å². The molecule has 118 valence electrons.